The van der Waals surface area contributed by atoms with Crippen molar-refractivity contribution in [1.82, 2.24) is 4.98 Å². The second-order valence-corrected chi connectivity index (χ2v) is 5.18. The van der Waals surface area contributed by atoms with E-state index >= 15 is 0 Å². The largest absolute Gasteiger partial charge is 0.416 e. The Hall–Kier alpha value is -1.66. The molecule has 1 aromatic heterocycles. The van der Waals surface area contributed by atoms with Crippen LogP contribution in [0, 0.1) is 5.82 Å². The number of hydrogen-bond acceptors (Lipinski definition) is 2. The Morgan fingerprint density at radius 3 is 2.32 bits per heavy atom. The normalized spacial score (nSPS) is 20.4. The van der Waals surface area contributed by atoms with Crippen LogP contribution in [0.15, 0.2) is 36.5 Å². The Bertz CT molecular complexity index is 670. The average molecular weight is 333 g/mol. The number of nitrogens with zero attached hydrogens (tertiary/aromatic N) is 1. The smallest absolute Gasteiger partial charge is 0.327 e. The molecule has 1 aliphatic carbocycles. The highest BCUT2D eigenvalue weighted by atomic mass is 35.5. The van der Waals surface area contributed by atoms with Crippen molar-refractivity contribution in [2.75, 3.05) is 0 Å². The summed E-state index contributed by atoms with van der Waals surface area (Å²) in [5.41, 5.74) is 5.78. The van der Waals surface area contributed by atoms with Gasteiger partial charge < -0.3 is 5.73 Å². The summed E-state index contributed by atoms with van der Waals surface area (Å²) in [7, 11) is 0. The molecule has 22 heavy (non-hydrogen) atoms. The summed E-state index contributed by atoms with van der Waals surface area (Å²) in [6, 6.07) is 5.68. The SMILES string of the molecule is Cl.N[C@H]1C[C@@H]1c1ccc(-c2cc(C(F)(F)F)ccc2F)nc1. The van der Waals surface area contributed by atoms with Crippen LogP contribution in [0.25, 0.3) is 11.3 Å². The molecule has 0 unspecified atom stereocenters. The standard InChI is InChI=1S/C15H12F4N2.ClH/c16-12-3-2-9(15(17,18)19)5-11(12)14-4-1-8(7-21-14)10-6-13(10)20;/h1-5,7,10,13H,6,20H2;1H/t10-,13+;/m1./s1. The van der Waals surface area contributed by atoms with E-state index in [0.717, 1.165) is 30.2 Å². The molecule has 2 N–H and O–H groups in total. The maximum atomic E-state index is 13.7. The van der Waals surface area contributed by atoms with Gasteiger partial charge in [-0.25, -0.2) is 4.39 Å². The predicted octanol–water partition coefficient (Wildman–Crippen LogP) is 4.14. The first-order valence-corrected chi connectivity index (χ1v) is 6.45. The molecule has 1 fully saturated rings. The van der Waals surface area contributed by atoms with Gasteiger partial charge in [-0.1, -0.05) is 6.07 Å². The van der Waals surface area contributed by atoms with Crippen LogP contribution in [0.2, 0.25) is 0 Å². The highest BCUT2D eigenvalue weighted by Gasteiger charge is 2.35. The van der Waals surface area contributed by atoms with Crippen LogP contribution < -0.4 is 5.73 Å². The van der Waals surface area contributed by atoms with E-state index in [2.05, 4.69) is 4.98 Å². The van der Waals surface area contributed by atoms with Gasteiger partial charge in [0.25, 0.3) is 0 Å². The molecular weight excluding hydrogens is 320 g/mol. The fraction of sp³-hybridized carbons (Fsp3) is 0.267. The summed E-state index contributed by atoms with van der Waals surface area (Å²) >= 11 is 0. The number of pyridine rings is 1. The minimum Gasteiger partial charge on any atom is -0.327 e. The lowest BCUT2D eigenvalue weighted by molar-refractivity contribution is -0.137. The molecule has 118 valence electrons. The van der Waals surface area contributed by atoms with Crippen molar-refractivity contribution in [3.05, 3.63) is 53.5 Å². The fourth-order valence-corrected chi connectivity index (χ4v) is 2.28. The zero-order valence-electron chi connectivity index (χ0n) is 11.3. The average Bonchev–Trinajstić information content (AvgIpc) is 3.15. The van der Waals surface area contributed by atoms with Crippen molar-refractivity contribution in [1.29, 1.82) is 0 Å². The van der Waals surface area contributed by atoms with E-state index in [4.69, 9.17) is 5.73 Å². The molecule has 0 amide bonds. The Morgan fingerprint density at radius 2 is 1.82 bits per heavy atom. The molecule has 0 saturated heterocycles. The van der Waals surface area contributed by atoms with Gasteiger partial charge >= 0.3 is 6.18 Å². The molecular formula is C15H13ClF4N2. The Morgan fingerprint density at radius 1 is 1.14 bits per heavy atom. The van der Waals surface area contributed by atoms with E-state index in [-0.39, 0.29) is 35.6 Å². The van der Waals surface area contributed by atoms with Gasteiger partial charge in [0, 0.05) is 23.7 Å². The number of hydrogen-bond donors (Lipinski definition) is 1. The number of alkyl halides is 3. The summed E-state index contributed by atoms with van der Waals surface area (Å²) in [6.07, 6.45) is -2.09. The van der Waals surface area contributed by atoms with E-state index in [1.807, 2.05) is 0 Å². The molecule has 3 rings (SSSR count). The lowest BCUT2D eigenvalue weighted by Gasteiger charge is -2.10. The molecule has 1 heterocycles. The predicted molar refractivity (Wildman–Crippen MR) is 77.2 cm³/mol. The van der Waals surface area contributed by atoms with Gasteiger partial charge in [0.05, 0.1) is 11.3 Å². The monoisotopic (exact) mass is 332 g/mol. The van der Waals surface area contributed by atoms with Crippen LogP contribution in [0.5, 0.6) is 0 Å². The Kier molecular flexibility index (Phi) is 4.44. The number of aromatic nitrogens is 1. The number of rotatable bonds is 2. The number of nitrogens with two attached hydrogens (primary N) is 1. The molecule has 2 atom stereocenters. The molecule has 1 aliphatic rings. The van der Waals surface area contributed by atoms with Crippen LogP contribution in [0.1, 0.15) is 23.5 Å². The van der Waals surface area contributed by atoms with Crippen molar-refractivity contribution < 1.29 is 17.6 Å². The molecule has 0 radical (unpaired) electrons. The number of halogens is 5. The third kappa shape index (κ3) is 3.23. The summed E-state index contributed by atoms with van der Waals surface area (Å²) in [5, 5.41) is 0. The second-order valence-electron chi connectivity index (χ2n) is 5.18. The van der Waals surface area contributed by atoms with Crippen LogP contribution in [0.4, 0.5) is 17.6 Å². The number of benzene rings is 1. The fourth-order valence-electron chi connectivity index (χ4n) is 2.28. The molecule has 2 nitrogen and oxygen atoms in total. The molecule has 1 aromatic carbocycles. The summed E-state index contributed by atoms with van der Waals surface area (Å²) in [4.78, 5) is 4.07. The molecule has 7 heteroatoms. The highest BCUT2D eigenvalue weighted by molar-refractivity contribution is 5.85. The minimum absolute atomic E-state index is 0. The third-order valence-corrected chi connectivity index (χ3v) is 3.62. The quantitative estimate of drug-likeness (QED) is 0.839. The van der Waals surface area contributed by atoms with E-state index < -0.39 is 17.6 Å². The van der Waals surface area contributed by atoms with Crippen LogP contribution >= 0.6 is 12.4 Å². The van der Waals surface area contributed by atoms with Gasteiger partial charge in [0.2, 0.25) is 0 Å². The lowest BCUT2D eigenvalue weighted by atomic mass is 10.1. The maximum absolute atomic E-state index is 13.7. The lowest BCUT2D eigenvalue weighted by Crippen LogP contribution is -2.05. The topological polar surface area (TPSA) is 38.9 Å². The van der Waals surface area contributed by atoms with Crippen molar-refractivity contribution in [2.45, 2.75) is 24.6 Å². The van der Waals surface area contributed by atoms with E-state index in [1.54, 1.807) is 12.3 Å². The van der Waals surface area contributed by atoms with E-state index in [0.29, 0.717) is 0 Å². The summed E-state index contributed by atoms with van der Waals surface area (Å²) in [5.74, 6) is -0.482. The summed E-state index contributed by atoms with van der Waals surface area (Å²) in [6.45, 7) is 0. The van der Waals surface area contributed by atoms with Gasteiger partial charge in [0.1, 0.15) is 5.82 Å². The van der Waals surface area contributed by atoms with Gasteiger partial charge in [-0.15, -0.1) is 12.4 Å². The minimum atomic E-state index is -4.51. The molecule has 0 spiro atoms. The van der Waals surface area contributed by atoms with Crippen molar-refractivity contribution in [3.63, 3.8) is 0 Å². The highest BCUT2D eigenvalue weighted by Crippen LogP contribution is 2.39. The molecule has 0 bridgehead atoms. The third-order valence-electron chi connectivity index (χ3n) is 3.62. The molecule has 2 aromatic rings. The molecule has 0 aliphatic heterocycles. The van der Waals surface area contributed by atoms with E-state index in [1.165, 1.54) is 6.07 Å². The van der Waals surface area contributed by atoms with Gasteiger partial charge in [-0.05, 0) is 36.2 Å². The first-order valence-electron chi connectivity index (χ1n) is 6.45. The van der Waals surface area contributed by atoms with Gasteiger partial charge in [0.15, 0.2) is 0 Å². The van der Waals surface area contributed by atoms with Gasteiger partial charge in [-0.3, -0.25) is 4.98 Å². The van der Waals surface area contributed by atoms with Crippen LogP contribution in [-0.2, 0) is 6.18 Å². The van der Waals surface area contributed by atoms with E-state index in [9.17, 15) is 17.6 Å². The van der Waals surface area contributed by atoms with Gasteiger partial charge in [-0.2, -0.15) is 13.2 Å². The summed E-state index contributed by atoms with van der Waals surface area (Å²) < 4.78 is 51.8. The van der Waals surface area contributed by atoms with Crippen LogP contribution in [0.3, 0.4) is 0 Å². The molecule has 1 saturated carbocycles. The Labute approximate surface area is 130 Å². The van der Waals surface area contributed by atoms with Crippen molar-refractivity contribution in [2.24, 2.45) is 5.73 Å². The second kappa shape index (κ2) is 5.85. The maximum Gasteiger partial charge on any atom is 0.416 e. The first kappa shape index (κ1) is 16.7. The van der Waals surface area contributed by atoms with Crippen LogP contribution in [-0.4, -0.2) is 11.0 Å². The van der Waals surface area contributed by atoms with Crippen molar-refractivity contribution >= 4 is 12.4 Å². The van der Waals surface area contributed by atoms with Crippen molar-refractivity contribution in [3.8, 4) is 11.3 Å². The zero-order valence-corrected chi connectivity index (χ0v) is 12.1. The zero-order chi connectivity index (χ0) is 15.2. The first-order chi connectivity index (χ1) is 9.86. The Balaban J connectivity index is 0.00000176.